The van der Waals surface area contributed by atoms with Gasteiger partial charge in [0.1, 0.15) is 0 Å². The Balaban J connectivity index is 1.38. The Bertz CT molecular complexity index is 716. The zero-order valence-electron chi connectivity index (χ0n) is 15.5. The maximum Gasteiger partial charge on any atom is 0.254 e. The second-order valence-electron chi connectivity index (χ2n) is 7.77. The number of carbonyl (C=O) groups excluding carboxylic acids is 1. The van der Waals surface area contributed by atoms with Crippen molar-refractivity contribution in [2.75, 3.05) is 39.4 Å². The zero-order valence-corrected chi connectivity index (χ0v) is 15.5. The molecule has 148 valence electrons. The molecule has 0 radical (unpaired) electrons. The van der Waals surface area contributed by atoms with Crippen LogP contribution in [0.2, 0.25) is 0 Å². The van der Waals surface area contributed by atoms with Crippen LogP contribution in [0.4, 0.5) is 8.78 Å². The number of ether oxygens (including phenoxy) is 2. The van der Waals surface area contributed by atoms with Crippen LogP contribution in [0.15, 0.2) is 18.2 Å². The first-order chi connectivity index (χ1) is 13.0. The first-order valence-corrected chi connectivity index (χ1v) is 9.74. The van der Waals surface area contributed by atoms with Gasteiger partial charge in [-0.2, -0.15) is 0 Å². The second kappa shape index (κ2) is 7.45. The summed E-state index contributed by atoms with van der Waals surface area (Å²) in [6.45, 7) is 6.55. The molecule has 3 saturated heterocycles. The Morgan fingerprint density at radius 1 is 1.44 bits per heavy atom. The predicted octanol–water partition coefficient (Wildman–Crippen LogP) is 2.21. The lowest BCUT2D eigenvalue weighted by molar-refractivity contribution is 0.000446. The maximum atomic E-state index is 13.8. The van der Waals surface area contributed by atoms with Gasteiger partial charge in [-0.15, -0.1) is 0 Å². The first kappa shape index (κ1) is 18.8. The summed E-state index contributed by atoms with van der Waals surface area (Å²) in [7, 11) is 0. The monoisotopic (exact) mass is 380 g/mol. The van der Waals surface area contributed by atoms with Crippen molar-refractivity contribution in [1.82, 2.24) is 10.2 Å². The van der Waals surface area contributed by atoms with Gasteiger partial charge in [0.25, 0.3) is 5.91 Å². The number of benzene rings is 1. The van der Waals surface area contributed by atoms with Crippen molar-refractivity contribution in [3.05, 3.63) is 35.4 Å². The highest BCUT2D eigenvalue weighted by Gasteiger charge is 2.62. The molecule has 1 aromatic rings. The van der Waals surface area contributed by atoms with Crippen molar-refractivity contribution in [3.63, 3.8) is 0 Å². The minimum absolute atomic E-state index is 0.115. The van der Waals surface area contributed by atoms with Gasteiger partial charge in [0.05, 0.1) is 23.9 Å². The van der Waals surface area contributed by atoms with Gasteiger partial charge >= 0.3 is 0 Å². The third-order valence-electron chi connectivity index (χ3n) is 6.30. The summed E-state index contributed by atoms with van der Waals surface area (Å²) in [4.78, 5) is 14.7. The van der Waals surface area contributed by atoms with Crippen molar-refractivity contribution in [1.29, 1.82) is 0 Å². The van der Waals surface area contributed by atoms with E-state index in [1.54, 1.807) is 0 Å². The molecule has 4 atom stereocenters. The van der Waals surface area contributed by atoms with E-state index in [1.807, 2.05) is 6.92 Å². The van der Waals surface area contributed by atoms with Gasteiger partial charge < -0.3 is 14.8 Å². The normalized spacial score (nSPS) is 32.0. The summed E-state index contributed by atoms with van der Waals surface area (Å²) >= 11 is 0. The van der Waals surface area contributed by atoms with E-state index in [2.05, 4.69) is 10.2 Å². The predicted molar refractivity (Wildman–Crippen MR) is 95.4 cm³/mol. The van der Waals surface area contributed by atoms with Crippen LogP contribution in [0.3, 0.4) is 0 Å². The number of likely N-dealkylation sites (tertiary alicyclic amines) is 1. The quantitative estimate of drug-likeness (QED) is 0.737. The molecule has 1 N–H and O–H groups in total. The standard InChI is InChI=1S/C20H26F2N2O3/c1-2-26-9-8-24-11-15-14(17-6-7-20(15,12-24)27-17)10-23-19(25)13-4-3-5-16(21)18(13)22/h3-5,14-15,17H,2,6-12H2,1H3,(H,23,25)/t14-,15+,17+,20+/m0/s1. The molecule has 3 aliphatic heterocycles. The second-order valence-corrected chi connectivity index (χ2v) is 7.77. The summed E-state index contributed by atoms with van der Waals surface area (Å²) < 4.78 is 39.0. The Hall–Kier alpha value is -1.57. The molecule has 1 spiro atoms. The highest BCUT2D eigenvalue weighted by molar-refractivity contribution is 5.94. The van der Waals surface area contributed by atoms with Crippen LogP contribution in [0.5, 0.6) is 0 Å². The molecule has 7 heteroatoms. The van der Waals surface area contributed by atoms with E-state index in [4.69, 9.17) is 9.47 Å². The number of amides is 1. The lowest BCUT2D eigenvalue weighted by Crippen LogP contribution is -2.42. The molecule has 4 rings (SSSR count). The van der Waals surface area contributed by atoms with Crippen LogP contribution < -0.4 is 5.32 Å². The summed E-state index contributed by atoms with van der Waals surface area (Å²) in [5.41, 5.74) is -0.366. The lowest BCUT2D eigenvalue weighted by atomic mass is 9.73. The number of rotatable bonds is 7. The van der Waals surface area contributed by atoms with Crippen molar-refractivity contribution >= 4 is 5.91 Å². The molecule has 0 aromatic heterocycles. The molecule has 2 bridgehead atoms. The highest BCUT2D eigenvalue weighted by atomic mass is 19.2. The van der Waals surface area contributed by atoms with E-state index in [0.29, 0.717) is 25.7 Å². The van der Waals surface area contributed by atoms with Gasteiger partial charge in [-0.25, -0.2) is 8.78 Å². The van der Waals surface area contributed by atoms with Gasteiger partial charge in [-0.3, -0.25) is 9.69 Å². The largest absolute Gasteiger partial charge is 0.380 e. The molecule has 0 aliphatic carbocycles. The molecular weight excluding hydrogens is 354 g/mol. The molecule has 5 nitrogen and oxygen atoms in total. The van der Waals surface area contributed by atoms with Gasteiger partial charge in [0, 0.05) is 44.6 Å². The SMILES string of the molecule is CCOCCN1C[C@@H]2[C@H](CNC(=O)c3cccc(F)c3F)[C@H]3CC[C@]2(C1)O3. The molecule has 0 saturated carbocycles. The smallest absolute Gasteiger partial charge is 0.254 e. The van der Waals surface area contributed by atoms with Crippen molar-refractivity contribution < 1.29 is 23.0 Å². The number of carbonyl (C=O) groups is 1. The van der Waals surface area contributed by atoms with Crippen LogP contribution in [0, 0.1) is 23.5 Å². The lowest BCUT2D eigenvalue weighted by Gasteiger charge is -2.29. The molecule has 0 unspecified atom stereocenters. The van der Waals surface area contributed by atoms with Crippen LogP contribution in [0.1, 0.15) is 30.1 Å². The molecule has 1 amide bonds. The molecule has 3 heterocycles. The maximum absolute atomic E-state index is 13.8. The minimum Gasteiger partial charge on any atom is -0.380 e. The molecule has 27 heavy (non-hydrogen) atoms. The van der Waals surface area contributed by atoms with E-state index < -0.39 is 17.5 Å². The third kappa shape index (κ3) is 3.37. The minimum atomic E-state index is -1.10. The Morgan fingerprint density at radius 2 is 2.30 bits per heavy atom. The van der Waals surface area contributed by atoms with Crippen LogP contribution >= 0.6 is 0 Å². The molecule has 3 aliphatic rings. The summed E-state index contributed by atoms with van der Waals surface area (Å²) in [5.74, 6) is -2.12. The Kier molecular flexibility index (Phi) is 5.18. The number of nitrogens with one attached hydrogen (secondary N) is 1. The summed E-state index contributed by atoms with van der Waals surface area (Å²) in [5, 5.41) is 2.80. The van der Waals surface area contributed by atoms with Crippen LogP contribution in [-0.2, 0) is 9.47 Å². The fourth-order valence-electron chi connectivity index (χ4n) is 5.05. The Morgan fingerprint density at radius 3 is 3.11 bits per heavy atom. The van der Waals surface area contributed by atoms with Crippen molar-refractivity contribution in [3.8, 4) is 0 Å². The van der Waals surface area contributed by atoms with Gasteiger partial charge in [0.15, 0.2) is 11.6 Å². The summed E-state index contributed by atoms with van der Waals surface area (Å²) in [6, 6.07) is 3.66. The zero-order chi connectivity index (χ0) is 19.0. The third-order valence-corrected chi connectivity index (χ3v) is 6.30. The van der Waals surface area contributed by atoms with E-state index in [9.17, 15) is 13.6 Å². The van der Waals surface area contributed by atoms with E-state index in [0.717, 1.165) is 38.5 Å². The van der Waals surface area contributed by atoms with Crippen LogP contribution in [-0.4, -0.2) is 61.9 Å². The number of fused-ring (bicyclic) bond motifs is 1. The molecular formula is C20H26F2N2O3. The van der Waals surface area contributed by atoms with E-state index in [-0.39, 0.29) is 23.2 Å². The first-order valence-electron chi connectivity index (χ1n) is 9.74. The van der Waals surface area contributed by atoms with Gasteiger partial charge in [-0.1, -0.05) is 6.07 Å². The van der Waals surface area contributed by atoms with Crippen LogP contribution in [0.25, 0.3) is 0 Å². The molecule has 3 fully saturated rings. The topological polar surface area (TPSA) is 50.8 Å². The molecule has 1 aromatic carbocycles. The number of hydrogen-bond donors (Lipinski definition) is 1. The van der Waals surface area contributed by atoms with E-state index >= 15 is 0 Å². The average molecular weight is 380 g/mol. The highest BCUT2D eigenvalue weighted by Crippen LogP contribution is 2.54. The average Bonchev–Trinajstić information content (AvgIpc) is 3.30. The van der Waals surface area contributed by atoms with Gasteiger partial charge in [-0.05, 0) is 31.9 Å². The number of hydrogen-bond acceptors (Lipinski definition) is 4. The van der Waals surface area contributed by atoms with Gasteiger partial charge in [0.2, 0.25) is 0 Å². The fourth-order valence-corrected chi connectivity index (χ4v) is 5.05. The number of nitrogens with zero attached hydrogens (tertiary/aromatic N) is 1. The number of halogens is 2. The van der Waals surface area contributed by atoms with E-state index in [1.165, 1.54) is 12.1 Å². The fraction of sp³-hybridized carbons (Fsp3) is 0.650. The van der Waals surface area contributed by atoms with Crippen molar-refractivity contribution in [2.24, 2.45) is 11.8 Å². The van der Waals surface area contributed by atoms with Crippen molar-refractivity contribution in [2.45, 2.75) is 31.5 Å². The summed E-state index contributed by atoms with van der Waals surface area (Å²) in [6.07, 6.45) is 2.18. The Labute approximate surface area is 158 Å².